The molecule has 13 heavy (non-hydrogen) atoms. The fourth-order valence-corrected chi connectivity index (χ4v) is 1.66. The van der Waals surface area contributed by atoms with E-state index in [1.54, 1.807) is 17.6 Å². The molecule has 0 saturated carbocycles. The molecule has 0 aromatic carbocycles. The predicted molar refractivity (Wildman–Crippen MR) is 52.7 cm³/mol. The van der Waals surface area contributed by atoms with Crippen LogP contribution in [-0.4, -0.2) is 21.4 Å². The average Bonchev–Trinajstić information content (AvgIpc) is 2.71. The first-order chi connectivity index (χ1) is 6.34. The molecule has 0 aliphatic rings. The van der Waals surface area contributed by atoms with Crippen molar-refractivity contribution in [1.82, 2.24) is 15.2 Å². The van der Waals surface area contributed by atoms with E-state index in [9.17, 15) is 0 Å². The predicted octanol–water partition coefficient (Wildman–Crippen LogP) is 1.93. The van der Waals surface area contributed by atoms with Crippen molar-refractivity contribution < 1.29 is 0 Å². The molecule has 2 aromatic heterocycles. The van der Waals surface area contributed by atoms with Crippen molar-refractivity contribution in [2.24, 2.45) is 4.99 Å². The second-order valence-electron chi connectivity index (χ2n) is 2.52. The maximum atomic E-state index is 4.11. The summed E-state index contributed by atoms with van der Waals surface area (Å²) in [5, 5.41) is 6.35. The molecule has 1 N–H and O–H groups in total. The van der Waals surface area contributed by atoms with Crippen LogP contribution in [0.3, 0.4) is 0 Å². The summed E-state index contributed by atoms with van der Waals surface area (Å²) in [6, 6.07) is 4.09. The highest BCUT2D eigenvalue weighted by Gasteiger charge is 1.92. The van der Waals surface area contributed by atoms with Gasteiger partial charge in [0.25, 0.3) is 0 Å². The third-order valence-corrected chi connectivity index (χ3v) is 2.41. The number of nitrogens with one attached hydrogen (secondary N) is 1. The summed E-state index contributed by atoms with van der Waals surface area (Å²) in [5.74, 6) is 0.533. The molecular formula is C8H8N4S. The highest BCUT2D eigenvalue weighted by Crippen LogP contribution is 2.13. The number of hydrogen-bond donors (Lipinski definition) is 1. The highest BCUT2D eigenvalue weighted by molar-refractivity contribution is 7.13. The van der Waals surface area contributed by atoms with Crippen LogP contribution in [0, 0.1) is 6.92 Å². The number of rotatable bonds is 2. The van der Waals surface area contributed by atoms with Crippen LogP contribution in [0.1, 0.15) is 9.75 Å². The van der Waals surface area contributed by atoms with Crippen molar-refractivity contribution in [2.75, 3.05) is 0 Å². The normalized spacial score (nSPS) is 11.2. The number of nitrogens with zero attached hydrogens (tertiary/aromatic N) is 3. The number of thiophene rings is 1. The van der Waals surface area contributed by atoms with Gasteiger partial charge < -0.3 is 0 Å². The largest absolute Gasteiger partial charge is 0.245 e. The summed E-state index contributed by atoms with van der Waals surface area (Å²) in [7, 11) is 0. The molecule has 4 nitrogen and oxygen atoms in total. The first-order valence-electron chi connectivity index (χ1n) is 3.80. The van der Waals surface area contributed by atoms with Crippen LogP contribution in [0.15, 0.2) is 23.5 Å². The second kappa shape index (κ2) is 3.49. The van der Waals surface area contributed by atoms with Crippen LogP contribution in [0.4, 0.5) is 5.95 Å². The molecule has 66 valence electrons. The molecule has 0 unspecified atom stereocenters. The Labute approximate surface area is 79.4 Å². The molecule has 2 rings (SSSR count). The van der Waals surface area contributed by atoms with Crippen LogP contribution in [0.5, 0.6) is 0 Å². The van der Waals surface area contributed by atoms with Crippen molar-refractivity contribution in [1.29, 1.82) is 0 Å². The van der Waals surface area contributed by atoms with E-state index in [1.807, 2.05) is 6.07 Å². The molecule has 0 saturated heterocycles. The number of H-pyrrole nitrogens is 1. The number of aromatic amines is 1. The van der Waals surface area contributed by atoms with Crippen LogP contribution in [-0.2, 0) is 0 Å². The van der Waals surface area contributed by atoms with Crippen molar-refractivity contribution in [3.63, 3.8) is 0 Å². The van der Waals surface area contributed by atoms with Gasteiger partial charge in [-0.05, 0) is 19.1 Å². The molecule has 2 aromatic rings. The lowest BCUT2D eigenvalue weighted by Crippen LogP contribution is -1.72. The number of hydrogen-bond acceptors (Lipinski definition) is 4. The Morgan fingerprint density at radius 3 is 3.08 bits per heavy atom. The van der Waals surface area contributed by atoms with Gasteiger partial charge in [-0.2, -0.15) is 10.1 Å². The van der Waals surface area contributed by atoms with Crippen molar-refractivity contribution in [2.45, 2.75) is 6.92 Å². The summed E-state index contributed by atoms with van der Waals surface area (Å²) >= 11 is 1.70. The lowest BCUT2D eigenvalue weighted by atomic mass is 10.4. The monoisotopic (exact) mass is 192 g/mol. The zero-order chi connectivity index (χ0) is 9.10. The molecule has 2 heterocycles. The standard InChI is InChI=1S/C8H8N4S/c1-6-2-3-7(13-6)4-9-8-10-5-11-12-8/h2-5H,1H3,(H,10,11,12). The molecular weight excluding hydrogens is 184 g/mol. The minimum atomic E-state index is 0.533. The van der Waals surface area contributed by atoms with Gasteiger partial charge in [0.2, 0.25) is 5.95 Å². The Bertz CT molecular complexity index is 401. The van der Waals surface area contributed by atoms with E-state index in [0.717, 1.165) is 4.88 Å². The zero-order valence-electron chi connectivity index (χ0n) is 7.06. The Kier molecular flexibility index (Phi) is 2.18. The van der Waals surface area contributed by atoms with Crippen LogP contribution < -0.4 is 0 Å². The van der Waals surface area contributed by atoms with Crippen molar-refractivity contribution in [3.05, 3.63) is 28.2 Å². The molecule has 0 atom stereocenters. The van der Waals surface area contributed by atoms with Gasteiger partial charge in [-0.15, -0.1) is 11.3 Å². The lowest BCUT2D eigenvalue weighted by Gasteiger charge is -1.82. The molecule has 0 bridgehead atoms. The molecule has 0 amide bonds. The lowest BCUT2D eigenvalue weighted by molar-refractivity contribution is 1.08. The average molecular weight is 192 g/mol. The van der Waals surface area contributed by atoms with Gasteiger partial charge in [0.05, 0.1) is 0 Å². The minimum absolute atomic E-state index is 0.533. The van der Waals surface area contributed by atoms with Crippen LogP contribution >= 0.6 is 11.3 Å². The molecule has 0 aliphatic heterocycles. The third-order valence-electron chi connectivity index (χ3n) is 1.48. The van der Waals surface area contributed by atoms with E-state index in [1.165, 1.54) is 11.2 Å². The molecule has 5 heteroatoms. The maximum Gasteiger partial charge on any atom is 0.245 e. The summed E-state index contributed by atoms with van der Waals surface area (Å²) in [4.78, 5) is 10.4. The molecule has 0 radical (unpaired) electrons. The van der Waals surface area contributed by atoms with E-state index < -0.39 is 0 Å². The first-order valence-corrected chi connectivity index (χ1v) is 4.62. The summed E-state index contributed by atoms with van der Waals surface area (Å²) in [6.45, 7) is 2.07. The fourth-order valence-electron chi connectivity index (χ4n) is 0.909. The minimum Gasteiger partial charge on any atom is -0.244 e. The molecule has 0 spiro atoms. The van der Waals surface area contributed by atoms with Gasteiger partial charge in [0.15, 0.2) is 0 Å². The van der Waals surface area contributed by atoms with E-state index in [-0.39, 0.29) is 0 Å². The SMILES string of the molecule is Cc1ccc(C=Nc2ncn[nH]2)s1. The van der Waals surface area contributed by atoms with Crippen molar-refractivity contribution in [3.8, 4) is 0 Å². The van der Waals surface area contributed by atoms with Crippen molar-refractivity contribution >= 4 is 23.5 Å². The quantitative estimate of drug-likeness (QED) is 0.739. The van der Waals surface area contributed by atoms with E-state index in [0.29, 0.717) is 5.95 Å². The topological polar surface area (TPSA) is 53.9 Å². The first kappa shape index (κ1) is 8.12. The van der Waals surface area contributed by atoms with Gasteiger partial charge in [0.1, 0.15) is 6.33 Å². The van der Waals surface area contributed by atoms with Gasteiger partial charge in [-0.25, -0.2) is 10.1 Å². The summed E-state index contributed by atoms with van der Waals surface area (Å²) in [5.41, 5.74) is 0. The van der Waals surface area contributed by atoms with Gasteiger partial charge >= 0.3 is 0 Å². The van der Waals surface area contributed by atoms with Gasteiger partial charge in [0, 0.05) is 16.0 Å². The zero-order valence-corrected chi connectivity index (χ0v) is 7.88. The van der Waals surface area contributed by atoms with Crippen LogP contribution in [0.2, 0.25) is 0 Å². The summed E-state index contributed by atoms with van der Waals surface area (Å²) < 4.78 is 0. The number of aliphatic imine (C=N–C) groups is 1. The maximum absolute atomic E-state index is 4.11. The number of aromatic nitrogens is 3. The smallest absolute Gasteiger partial charge is 0.244 e. The van der Waals surface area contributed by atoms with E-state index in [2.05, 4.69) is 33.2 Å². The Morgan fingerprint density at radius 1 is 1.54 bits per heavy atom. The second-order valence-corrected chi connectivity index (χ2v) is 3.84. The Hall–Kier alpha value is -1.49. The van der Waals surface area contributed by atoms with Gasteiger partial charge in [-0.1, -0.05) is 0 Å². The van der Waals surface area contributed by atoms with Gasteiger partial charge in [-0.3, -0.25) is 0 Å². The van der Waals surface area contributed by atoms with E-state index >= 15 is 0 Å². The molecule has 0 aliphatic carbocycles. The Morgan fingerprint density at radius 2 is 2.46 bits per heavy atom. The number of aryl methyl sites for hydroxylation is 1. The Balaban J connectivity index is 2.14. The summed E-state index contributed by atoms with van der Waals surface area (Å²) in [6.07, 6.45) is 3.21. The fraction of sp³-hybridized carbons (Fsp3) is 0.125. The highest BCUT2D eigenvalue weighted by atomic mass is 32.1. The van der Waals surface area contributed by atoms with Crippen LogP contribution in [0.25, 0.3) is 0 Å². The molecule has 0 fully saturated rings. The van der Waals surface area contributed by atoms with E-state index in [4.69, 9.17) is 0 Å². The third kappa shape index (κ3) is 2.00.